The van der Waals surface area contributed by atoms with Crippen molar-refractivity contribution in [3.63, 3.8) is 0 Å². The zero-order valence-corrected chi connectivity index (χ0v) is 26.2. The molecule has 0 aromatic heterocycles. The van der Waals surface area contributed by atoms with Gasteiger partial charge in [0.1, 0.15) is 0 Å². The third kappa shape index (κ3) is 9.42. The van der Waals surface area contributed by atoms with Crippen molar-refractivity contribution in [1.82, 2.24) is 29.4 Å². The van der Waals surface area contributed by atoms with Crippen LogP contribution in [0.5, 0.6) is 0 Å². The van der Waals surface area contributed by atoms with Crippen molar-refractivity contribution >= 4 is 0 Å². The summed E-state index contributed by atoms with van der Waals surface area (Å²) in [5, 5.41) is 0. The molecule has 0 aliphatic carbocycles. The third-order valence-electron chi connectivity index (χ3n) is 10.2. The van der Waals surface area contributed by atoms with Crippen LogP contribution in [0.3, 0.4) is 0 Å². The summed E-state index contributed by atoms with van der Waals surface area (Å²) in [4.78, 5) is 16.2. The Hall–Kier alpha value is -0.240. The smallest absolute Gasteiger partial charge is 0.0232 e. The molecule has 2 atom stereocenters. The molecule has 3 aliphatic rings. The summed E-state index contributed by atoms with van der Waals surface area (Å²) < 4.78 is 0. The quantitative estimate of drug-likeness (QED) is 0.340. The van der Waals surface area contributed by atoms with E-state index in [1.165, 1.54) is 110 Å². The van der Waals surface area contributed by atoms with Crippen LogP contribution in [0.25, 0.3) is 0 Å². The fraction of sp³-hybridized carbons (Fsp3) is 1.00. The summed E-state index contributed by atoms with van der Waals surface area (Å²) in [7, 11) is 6.92. The zero-order valence-electron chi connectivity index (χ0n) is 26.2. The van der Waals surface area contributed by atoms with Crippen molar-refractivity contribution in [2.24, 2.45) is 0 Å². The molecule has 6 heteroatoms. The first kappa shape index (κ1) is 31.3. The molecule has 0 saturated carbocycles. The lowest BCUT2D eigenvalue weighted by atomic mass is 9.97. The van der Waals surface area contributed by atoms with Crippen molar-refractivity contribution in [3.8, 4) is 0 Å². The van der Waals surface area contributed by atoms with E-state index in [-0.39, 0.29) is 0 Å². The van der Waals surface area contributed by atoms with Crippen LogP contribution in [0.2, 0.25) is 0 Å². The van der Waals surface area contributed by atoms with Crippen LogP contribution in [-0.2, 0) is 0 Å². The summed E-state index contributed by atoms with van der Waals surface area (Å²) in [6, 6.07) is 4.44. The SMILES string of the molecule is CCN(CCCC(CCN(C)C1CCN(C(C)C)C1)N1CCC(N(C)C)CC1)C1CCN(C(C)C)CC1. The number of hydrogen-bond donors (Lipinski definition) is 0. The molecule has 3 aliphatic heterocycles. The number of likely N-dealkylation sites (tertiary alicyclic amines) is 3. The Morgan fingerprint density at radius 1 is 0.649 bits per heavy atom. The highest BCUT2D eigenvalue weighted by Gasteiger charge is 2.30. The molecule has 6 nitrogen and oxygen atoms in total. The van der Waals surface area contributed by atoms with Crippen molar-refractivity contribution in [2.75, 3.05) is 80.0 Å². The minimum absolute atomic E-state index is 0.684. The number of rotatable bonds is 14. The van der Waals surface area contributed by atoms with Crippen LogP contribution in [0.15, 0.2) is 0 Å². The summed E-state index contributed by atoms with van der Waals surface area (Å²) in [5.74, 6) is 0. The molecule has 3 heterocycles. The second kappa shape index (κ2) is 15.5. The second-order valence-corrected chi connectivity index (χ2v) is 13.3. The molecule has 0 aromatic rings. The molecule has 2 unspecified atom stereocenters. The first-order valence-corrected chi connectivity index (χ1v) is 16.0. The minimum atomic E-state index is 0.684. The molecular formula is C31H64N6. The molecule has 0 bridgehead atoms. The molecule has 3 rings (SSSR count). The molecule has 0 spiro atoms. The zero-order chi connectivity index (χ0) is 26.9. The van der Waals surface area contributed by atoms with Gasteiger partial charge in [0.25, 0.3) is 0 Å². The second-order valence-electron chi connectivity index (χ2n) is 13.3. The Morgan fingerprint density at radius 2 is 1.19 bits per heavy atom. The third-order valence-corrected chi connectivity index (χ3v) is 10.2. The average Bonchev–Trinajstić information content (AvgIpc) is 3.39. The Balaban J connectivity index is 1.50. The van der Waals surface area contributed by atoms with Gasteiger partial charge < -0.3 is 24.5 Å². The Labute approximate surface area is 231 Å². The maximum absolute atomic E-state index is 2.88. The lowest BCUT2D eigenvalue weighted by Crippen LogP contribution is -2.48. The number of likely N-dealkylation sites (N-methyl/N-ethyl adjacent to an activating group) is 1. The van der Waals surface area contributed by atoms with E-state index in [2.05, 4.69) is 85.2 Å². The normalized spacial score (nSPS) is 25.1. The number of hydrogen-bond acceptors (Lipinski definition) is 6. The van der Waals surface area contributed by atoms with Gasteiger partial charge in [0, 0.05) is 49.3 Å². The number of nitrogens with zero attached hydrogens (tertiary/aromatic N) is 6. The van der Waals surface area contributed by atoms with Crippen molar-refractivity contribution < 1.29 is 0 Å². The van der Waals surface area contributed by atoms with Crippen LogP contribution in [0, 0.1) is 0 Å². The predicted octanol–water partition coefficient (Wildman–Crippen LogP) is 4.16. The van der Waals surface area contributed by atoms with Crippen molar-refractivity contribution in [3.05, 3.63) is 0 Å². The van der Waals surface area contributed by atoms with E-state index in [0.717, 1.165) is 24.2 Å². The van der Waals surface area contributed by atoms with Gasteiger partial charge in [-0.25, -0.2) is 0 Å². The van der Waals surface area contributed by atoms with Crippen LogP contribution in [-0.4, -0.2) is 146 Å². The minimum Gasteiger partial charge on any atom is -0.306 e. The molecule has 0 aromatic carbocycles. The summed E-state index contributed by atoms with van der Waals surface area (Å²) in [6.45, 7) is 23.2. The Kier molecular flexibility index (Phi) is 13.1. The van der Waals surface area contributed by atoms with Crippen molar-refractivity contribution in [1.29, 1.82) is 0 Å². The summed E-state index contributed by atoms with van der Waals surface area (Å²) >= 11 is 0. The highest BCUT2D eigenvalue weighted by molar-refractivity contribution is 4.87. The first-order chi connectivity index (χ1) is 17.7. The summed E-state index contributed by atoms with van der Waals surface area (Å²) in [5.41, 5.74) is 0. The predicted molar refractivity (Wildman–Crippen MR) is 161 cm³/mol. The lowest BCUT2D eigenvalue weighted by Gasteiger charge is -2.41. The maximum atomic E-state index is 2.88. The molecule has 37 heavy (non-hydrogen) atoms. The maximum Gasteiger partial charge on any atom is 0.0232 e. The Bertz CT molecular complexity index is 609. The molecule has 0 N–H and O–H groups in total. The van der Waals surface area contributed by atoms with E-state index in [9.17, 15) is 0 Å². The largest absolute Gasteiger partial charge is 0.306 e. The first-order valence-electron chi connectivity index (χ1n) is 16.0. The monoisotopic (exact) mass is 521 g/mol. The van der Waals surface area contributed by atoms with E-state index in [0.29, 0.717) is 12.1 Å². The topological polar surface area (TPSA) is 19.4 Å². The molecule has 3 saturated heterocycles. The molecule has 0 radical (unpaired) electrons. The fourth-order valence-electron chi connectivity index (χ4n) is 7.31. The fourth-order valence-corrected chi connectivity index (χ4v) is 7.31. The number of piperidine rings is 2. The highest BCUT2D eigenvalue weighted by atomic mass is 15.3. The summed E-state index contributed by atoms with van der Waals surface area (Å²) in [6.07, 6.45) is 10.8. The lowest BCUT2D eigenvalue weighted by molar-refractivity contribution is 0.0778. The highest BCUT2D eigenvalue weighted by Crippen LogP contribution is 2.24. The molecule has 218 valence electrons. The van der Waals surface area contributed by atoms with E-state index in [1.807, 2.05) is 0 Å². The average molecular weight is 521 g/mol. The standard InChI is InChI=1S/C31H64N6/c1-9-34(30-15-20-35(21-16-30)26(2)3)18-10-11-29(36-22-13-28(14-23-36)32(6)7)12-19-33(8)31-17-24-37(25-31)27(4)5/h26-31H,9-25H2,1-8H3. The van der Waals surface area contributed by atoms with E-state index in [4.69, 9.17) is 0 Å². The van der Waals surface area contributed by atoms with Gasteiger partial charge in [0.05, 0.1) is 0 Å². The van der Waals surface area contributed by atoms with Gasteiger partial charge in [-0.05, 0) is 146 Å². The van der Waals surface area contributed by atoms with E-state index >= 15 is 0 Å². The van der Waals surface area contributed by atoms with Gasteiger partial charge in [-0.15, -0.1) is 0 Å². The van der Waals surface area contributed by atoms with Crippen LogP contribution >= 0.6 is 0 Å². The van der Waals surface area contributed by atoms with Gasteiger partial charge in [-0.2, -0.15) is 0 Å². The van der Waals surface area contributed by atoms with Crippen molar-refractivity contribution in [2.45, 2.75) is 122 Å². The van der Waals surface area contributed by atoms with E-state index in [1.54, 1.807) is 0 Å². The van der Waals surface area contributed by atoms with E-state index < -0.39 is 0 Å². The van der Waals surface area contributed by atoms with Crippen LogP contribution in [0.4, 0.5) is 0 Å². The van der Waals surface area contributed by atoms with Gasteiger partial charge >= 0.3 is 0 Å². The van der Waals surface area contributed by atoms with Gasteiger partial charge in [-0.3, -0.25) is 4.90 Å². The molecular weight excluding hydrogens is 456 g/mol. The van der Waals surface area contributed by atoms with Gasteiger partial charge in [-0.1, -0.05) is 6.92 Å². The van der Waals surface area contributed by atoms with Crippen LogP contribution in [0.1, 0.15) is 86.0 Å². The van der Waals surface area contributed by atoms with Crippen LogP contribution < -0.4 is 0 Å². The Morgan fingerprint density at radius 3 is 1.73 bits per heavy atom. The molecule has 3 fully saturated rings. The van der Waals surface area contributed by atoms with Gasteiger partial charge in [0.2, 0.25) is 0 Å². The molecule has 0 amide bonds. The van der Waals surface area contributed by atoms with Gasteiger partial charge in [0.15, 0.2) is 0 Å².